The van der Waals surface area contributed by atoms with E-state index >= 15 is 0 Å². The molecule has 2 rings (SSSR count). The molecule has 0 aliphatic rings. The number of benzene rings is 1. The van der Waals surface area contributed by atoms with Crippen LogP contribution in [0.2, 0.25) is 0 Å². The second-order valence-electron chi connectivity index (χ2n) is 4.38. The number of fused-ring (bicyclic) bond motifs is 1. The highest BCUT2D eigenvalue weighted by molar-refractivity contribution is 8.02. The molecular formula is C12H13N3O3S2. The molecule has 6 nitrogen and oxygen atoms in total. The van der Waals surface area contributed by atoms with Gasteiger partial charge < -0.3 is 4.90 Å². The molecule has 1 aromatic heterocycles. The summed E-state index contributed by atoms with van der Waals surface area (Å²) in [5.74, 6) is 0.0141. The number of carbonyl (C=O) groups excluding carboxylic acids is 1. The maximum atomic E-state index is 11.8. The van der Waals surface area contributed by atoms with Gasteiger partial charge in [0.1, 0.15) is 0 Å². The summed E-state index contributed by atoms with van der Waals surface area (Å²) in [5.41, 5.74) is 0.766. The number of non-ortho nitro benzene ring substituents is 1. The average Bonchev–Trinajstić information content (AvgIpc) is 2.78. The van der Waals surface area contributed by atoms with Crippen molar-refractivity contribution in [2.24, 2.45) is 0 Å². The maximum Gasteiger partial charge on any atom is 0.270 e. The fourth-order valence-corrected chi connectivity index (χ4v) is 4.01. The molecule has 0 saturated carbocycles. The summed E-state index contributed by atoms with van der Waals surface area (Å²) in [6.07, 6.45) is 0. The van der Waals surface area contributed by atoms with Crippen molar-refractivity contribution in [2.45, 2.75) is 16.5 Å². The van der Waals surface area contributed by atoms with E-state index < -0.39 is 4.92 Å². The minimum Gasteiger partial charge on any atom is -0.348 e. The summed E-state index contributed by atoms with van der Waals surface area (Å²) < 4.78 is 1.49. The van der Waals surface area contributed by atoms with Crippen LogP contribution in [0.5, 0.6) is 0 Å². The molecule has 0 aliphatic heterocycles. The summed E-state index contributed by atoms with van der Waals surface area (Å²) in [6, 6.07) is 4.58. The van der Waals surface area contributed by atoms with Crippen LogP contribution >= 0.6 is 23.1 Å². The fourth-order valence-electron chi connectivity index (χ4n) is 1.62. The largest absolute Gasteiger partial charge is 0.348 e. The number of thiazole rings is 1. The lowest BCUT2D eigenvalue weighted by Gasteiger charge is -2.14. The van der Waals surface area contributed by atoms with Gasteiger partial charge >= 0.3 is 0 Å². The van der Waals surface area contributed by atoms with Crippen molar-refractivity contribution in [1.29, 1.82) is 0 Å². The first-order chi connectivity index (χ1) is 9.38. The second kappa shape index (κ2) is 5.76. The molecule has 8 heteroatoms. The van der Waals surface area contributed by atoms with Crippen LogP contribution in [-0.2, 0) is 4.79 Å². The fraction of sp³-hybridized carbons (Fsp3) is 0.333. The standard InChI is InChI=1S/C12H13N3O3S2/c1-7(11(16)14(2)3)19-12-13-9-5-4-8(15(17)18)6-10(9)20-12/h4-7H,1-3H3/t7-/m0/s1. The van der Waals surface area contributed by atoms with Gasteiger partial charge in [0.05, 0.1) is 20.4 Å². The summed E-state index contributed by atoms with van der Waals surface area (Å²) in [5, 5.41) is 10.5. The molecule has 0 N–H and O–H groups in total. The van der Waals surface area contributed by atoms with Gasteiger partial charge in [0, 0.05) is 26.2 Å². The topological polar surface area (TPSA) is 76.3 Å². The minimum atomic E-state index is -0.426. The van der Waals surface area contributed by atoms with Crippen molar-refractivity contribution in [1.82, 2.24) is 9.88 Å². The van der Waals surface area contributed by atoms with Gasteiger partial charge in [0.25, 0.3) is 5.69 Å². The molecule has 0 spiro atoms. The molecule has 2 aromatic rings. The smallest absolute Gasteiger partial charge is 0.270 e. The molecule has 0 bridgehead atoms. The van der Waals surface area contributed by atoms with Crippen LogP contribution < -0.4 is 0 Å². The molecule has 1 aromatic carbocycles. The highest BCUT2D eigenvalue weighted by atomic mass is 32.2. The Kier molecular flexibility index (Phi) is 4.24. The van der Waals surface area contributed by atoms with Crippen molar-refractivity contribution in [3.63, 3.8) is 0 Å². The zero-order valence-electron chi connectivity index (χ0n) is 11.2. The Morgan fingerprint density at radius 3 is 2.80 bits per heavy atom. The predicted octanol–water partition coefficient (Wildman–Crippen LogP) is 2.77. The van der Waals surface area contributed by atoms with Crippen molar-refractivity contribution >= 4 is 44.9 Å². The number of carbonyl (C=O) groups is 1. The first-order valence-electron chi connectivity index (χ1n) is 5.81. The second-order valence-corrected chi connectivity index (χ2v) is 7.00. The molecular weight excluding hydrogens is 298 g/mol. The van der Waals surface area contributed by atoms with Gasteiger partial charge in [0.15, 0.2) is 4.34 Å². The van der Waals surface area contributed by atoms with Crippen LogP contribution in [0, 0.1) is 10.1 Å². The van der Waals surface area contributed by atoms with Crippen molar-refractivity contribution < 1.29 is 9.72 Å². The highest BCUT2D eigenvalue weighted by Crippen LogP contribution is 2.34. The van der Waals surface area contributed by atoms with Gasteiger partial charge in [0.2, 0.25) is 5.91 Å². The number of nitro benzene ring substituents is 1. The van der Waals surface area contributed by atoms with E-state index in [2.05, 4.69) is 4.98 Å². The Bertz CT molecular complexity index is 669. The van der Waals surface area contributed by atoms with Gasteiger partial charge in [-0.25, -0.2) is 4.98 Å². The average molecular weight is 311 g/mol. The van der Waals surface area contributed by atoms with Crippen LogP contribution in [0.3, 0.4) is 0 Å². The SMILES string of the molecule is C[C@H](Sc1nc2ccc([N+](=O)[O-])cc2s1)C(=O)N(C)C. The van der Waals surface area contributed by atoms with Crippen molar-refractivity contribution in [3.05, 3.63) is 28.3 Å². The number of aromatic nitrogens is 1. The molecule has 0 aliphatic carbocycles. The number of hydrogen-bond donors (Lipinski definition) is 0. The van der Waals surface area contributed by atoms with E-state index in [0.717, 1.165) is 9.04 Å². The number of nitrogens with zero attached hydrogens (tertiary/aromatic N) is 3. The van der Waals surface area contributed by atoms with Gasteiger partial charge in [-0.1, -0.05) is 11.8 Å². The highest BCUT2D eigenvalue weighted by Gasteiger charge is 2.19. The number of nitro groups is 1. The summed E-state index contributed by atoms with van der Waals surface area (Å²) in [4.78, 5) is 28.0. The Labute approximate surface area is 123 Å². The normalized spacial score (nSPS) is 12.3. The van der Waals surface area contributed by atoms with E-state index in [1.807, 2.05) is 6.92 Å². The lowest BCUT2D eigenvalue weighted by atomic mass is 10.3. The zero-order valence-corrected chi connectivity index (χ0v) is 12.8. The summed E-state index contributed by atoms with van der Waals surface area (Å²) >= 11 is 2.73. The molecule has 20 heavy (non-hydrogen) atoms. The number of rotatable bonds is 4. The first-order valence-corrected chi connectivity index (χ1v) is 7.51. The Morgan fingerprint density at radius 1 is 1.50 bits per heavy atom. The molecule has 0 fully saturated rings. The Balaban J connectivity index is 2.24. The number of hydrogen-bond acceptors (Lipinski definition) is 6. The molecule has 1 amide bonds. The van der Waals surface area contributed by atoms with E-state index in [0.29, 0.717) is 5.52 Å². The van der Waals surface area contributed by atoms with Gasteiger partial charge in [-0.05, 0) is 13.0 Å². The molecule has 1 atom stereocenters. The van der Waals surface area contributed by atoms with Crippen LogP contribution in [-0.4, -0.2) is 40.1 Å². The van der Waals surface area contributed by atoms with Crippen LogP contribution in [0.1, 0.15) is 6.92 Å². The van der Waals surface area contributed by atoms with Crippen molar-refractivity contribution in [3.8, 4) is 0 Å². The zero-order chi connectivity index (χ0) is 14.9. The monoisotopic (exact) mass is 311 g/mol. The quantitative estimate of drug-likeness (QED) is 0.493. The first kappa shape index (κ1) is 14.7. The van der Waals surface area contributed by atoms with E-state index in [4.69, 9.17) is 0 Å². The molecule has 0 radical (unpaired) electrons. The lowest BCUT2D eigenvalue weighted by Crippen LogP contribution is -2.29. The Hall–Kier alpha value is -1.67. The van der Waals surface area contributed by atoms with Gasteiger partial charge in [-0.3, -0.25) is 14.9 Å². The minimum absolute atomic E-state index is 0.0141. The van der Waals surface area contributed by atoms with Crippen molar-refractivity contribution in [2.75, 3.05) is 14.1 Å². The third kappa shape index (κ3) is 3.07. The van der Waals surface area contributed by atoms with Crippen LogP contribution in [0.15, 0.2) is 22.5 Å². The number of thioether (sulfide) groups is 1. The number of amides is 1. The van der Waals surface area contributed by atoms with E-state index in [1.165, 1.54) is 40.1 Å². The summed E-state index contributed by atoms with van der Waals surface area (Å²) in [7, 11) is 3.42. The van der Waals surface area contributed by atoms with Crippen LogP contribution in [0.4, 0.5) is 5.69 Å². The molecule has 106 valence electrons. The molecule has 0 saturated heterocycles. The Morgan fingerprint density at radius 2 is 2.20 bits per heavy atom. The van der Waals surface area contributed by atoms with E-state index in [-0.39, 0.29) is 16.8 Å². The predicted molar refractivity (Wildman–Crippen MR) is 80.3 cm³/mol. The van der Waals surface area contributed by atoms with E-state index in [9.17, 15) is 14.9 Å². The maximum absolute atomic E-state index is 11.8. The third-order valence-electron chi connectivity index (χ3n) is 2.63. The van der Waals surface area contributed by atoms with Gasteiger partial charge in [-0.15, -0.1) is 11.3 Å². The molecule has 1 heterocycles. The third-order valence-corrected chi connectivity index (χ3v) is 4.83. The summed E-state index contributed by atoms with van der Waals surface area (Å²) in [6.45, 7) is 1.82. The van der Waals surface area contributed by atoms with Crippen LogP contribution in [0.25, 0.3) is 10.2 Å². The van der Waals surface area contributed by atoms with E-state index in [1.54, 1.807) is 20.2 Å². The van der Waals surface area contributed by atoms with Gasteiger partial charge in [-0.2, -0.15) is 0 Å². The molecule has 0 unspecified atom stereocenters. The lowest BCUT2D eigenvalue weighted by molar-refractivity contribution is -0.384.